The Morgan fingerprint density at radius 1 is 1.00 bits per heavy atom. The van der Waals surface area contributed by atoms with Gasteiger partial charge in [-0.2, -0.15) is 5.10 Å². The van der Waals surface area contributed by atoms with Gasteiger partial charge in [0.2, 0.25) is 0 Å². The normalized spacial score (nSPS) is 20.6. The molecule has 0 aromatic heterocycles. The van der Waals surface area contributed by atoms with Gasteiger partial charge < -0.3 is 14.8 Å². The van der Waals surface area contributed by atoms with E-state index in [0.717, 1.165) is 28.8 Å². The molecule has 38 heavy (non-hydrogen) atoms. The molecule has 0 fully saturated rings. The lowest BCUT2D eigenvalue weighted by Gasteiger charge is -2.37. The van der Waals surface area contributed by atoms with Gasteiger partial charge in [0.05, 0.1) is 24.4 Å². The molecule has 5 rings (SSSR count). The molecular weight excluding hydrogens is 478 g/mol. The van der Waals surface area contributed by atoms with E-state index >= 15 is 0 Å². The molecule has 0 radical (unpaired) electrons. The van der Waals surface area contributed by atoms with Crippen molar-refractivity contribution in [1.29, 1.82) is 0 Å². The predicted molar refractivity (Wildman–Crippen MR) is 147 cm³/mol. The first-order valence-corrected chi connectivity index (χ1v) is 12.7. The number of carbonyl (C=O) groups excluding carboxylic acids is 2. The Bertz CT molecular complexity index is 1380. The van der Waals surface area contributed by atoms with E-state index in [0.29, 0.717) is 17.2 Å². The van der Waals surface area contributed by atoms with Gasteiger partial charge in [-0.15, -0.1) is 0 Å². The highest BCUT2D eigenvalue weighted by Crippen LogP contribution is 2.50. The number of benzene rings is 3. The van der Waals surface area contributed by atoms with Gasteiger partial charge >= 0.3 is 5.97 Å². The van der Waals surface area contributed by atoms with Gasteiger partial charge in [0.15, 0.2) is 6.10 Å². The summed E-state index contributed by atoms with van der Waals surface area (Å²) in [5, 5.41) is 8.10. The van der Waals surface area contributed by atoms with Crippen LogP contribution in [0, 0.1) is 5.92 Å². The summed E-state index contributed by atoms with van der Waals surface area (Å²) in [6.45, 7) is 1.89. The number of ether oxygens (including phenoxy) is 2. The summed E-state index contributed by atoms with van der Waals surface area (Å²) in [7, 11) is 2.90. The topological polar surface area (TPSA) is 89.0 Å². The molecule has 0 unspecified atom stereocenters. The van der Waals surface area contributed by atoms with Crippen LogP contribution in [0.5, 0.6) is 0 Å². The molecule has 1 amide bonds. The maximum absolute atomic E-state index is 12.8. The third-order valence-corrected chi connectivity index (χ3v) is 7.38. The summed E-state index contributed by atoms with van der Waals surface area (Å²) >= 11 is 0. The van der Waals surface area contributed by atoms with Crippen LogP contribution >= 0.6 is 0 Å². The number of hydrogen-bond acceptors (Lipinski definition) is 6. The molecule has 1 heterocycles. The molecule has 7 nitrogen and oxygen atoms in total. The third-order valence-electron chi connectivity index (χ3n) is 7.38. The second kappa shape index (κ2) is 11.0. The average Bonchev–Trinajstić information content (AvgIpc) is 3.46. The molecule has 2 N–H and O–H groups in total. The number of hydrazone groups is 1. The van der Waals surface area contributed by atoms with E-state index in [1.807, 2.05) is 67.6 Å². The predicted octanol–water partition coefficient (Wildman–Crippen LogP) is 5.53. The molecule has 0 bridgehead atoms. The maximum atomic E-state index is 12.8. The highest BCUT2D eigenvalue weighted by molar-refractivity contribution is 6.00. The molecule has 3 aromatic rings. The monoisotopic (exact) mass is 509 g/mol. The molecule has 0 saturated heterocycles. The van der Waals surface area contributed by atoms with Crippen LogP contribution in [0.25, 0.3) is 0 Å². The third kappa shape index (κ3) is 4.97. The van der Waals surface area contributed by atoms with Crippen LogP contribution in [-0.2, 0) is 14.3 Å². The Morgan fingerprint density at radius 3 is 2.45 bits per heavy atom. The lowest BCUT2D eigenvalue weighted by Crippen LogP contribution is -2.29. The lowest BCUT2D eigenvalue weighted by atomic mass is 9.76. The van der Waals surface area contributed by atoms with Crippen LogP contribution in [0.2, 0.25) is 0 Å². The second-order valence-electron chi connectivity index (χ2n) is 9.59. The molecule has 1 aliphatic heterocycles. The van der Waals surface area contributed by atoms with Gasteiger partial charge in [-0.05, 0) is 65.8 Å². The number of fused-ring (bicyclic) bond motifs is 3. The summed E-state index contributed by atoms with van der Waals surface area (Å²) in [6.07, 6.45) is 4.75. The fourth-order valence-electron chi connectivity index (χ4n) is 5.38. The number of allylic oxidation sites excluding steroid dienone is 2. The van der Waals surface area contributed by atoms with Gasteiger partial charge in [-0.1, -0.05) is 60.7 Å². The first-order valence-electron chi connectivity index (χ1n) is 12.7. The second-order valence-corrected chi connectivity index (χ2v) is 9.59. The van der Waals surface area contributed by atoms with Crippen molar-refractivity contribution in [2.45, 2.75) is 31.4 Å². The number of nitrogens with one attached hydrogen (secondary N) is 2. The maximum Gasteiger partial charge on any atom is 0.337 e. The fraction of sp³-hybridized carbons (Fsp3) is 0.258. The average molecular weight is 510 g/mol. The van der Waals surface area contributed by atoms with Crippen molar-refractivity contribution < 1.29 is 19.1 Å². The van der Waals surface area contributed by atoms with Gasteiger partial charge in [-0.3, -0.25) is 4.79 Å². The Balaban J connectivity index is 1.35. The van der Waals surface area contributed by atoms with E-state index in [2.05, 4.69) is 40.1 Å². The Labute approximate surface area is 222 Å². The zero-order valence-corrected chi connectivity index (χ0v) is 21.7. The smallest absolute Gasteiger partial charge is 0.337 e. The highest BCUT2D eigenvalue weighted by atomic mass is 16.5. The van der Waals surface area contributed by atoms with E-state index in [1.165, 1.54) is 19.8 Å². The molecule has 7 heteroatoms. The minimum atomic E-state index is -0.733. The van der Waals surface area contributed by atoms with Crippen LogP contribution in [0.1, 0.15) is 64.0 Å². The summed E-state index contributed by atoms with van der Waals surface area (Å²) in [6, 6.07) is 23.4. The quantitative estimate of drug-likeness (QED) is 0.189. The molecule has 2 aliphatic rings. The van der Waals surface area contributed by atoms with Crippen molar-refractivity contribution in [3.05, 3.63) is 113 Å². The van der Waals surface area contributed by atoms with Crippen molar-refractivity contribution in [3.8, 4) is 0 Å². The minimum absolute atomic E-state index is 0.123. The molecule has 1 aliphatic carbocycles. The Morgan fingerprint density at radius 2 is 1.74 bits per heavy atom. The first kappa shape index (κ1) is 25.4. The molecule has 0 spiro atoms. The summed E-state index contributed by atoms with van der Waals surface area (Å²) in [5.74, 6) is -0.0446. The molecular formula is C31H31N3O4. The number of rotatable bonds is 7. The highest BCUT2D eigenvalue weighted by Gasteiger charge is 2.38. The van der Waals surface area contributed by atoms with E-state index in [4.69, 9.17) is 9.47 Å². The van der Waals surface area contributed by atoms with E-state index in [9.17, 15) is 9.59 Å². The number of carbonyl (C=O) groups is 2. The zero-order chi connectivity index (χ0) is 26.6. The Hall–Kier alpha value is -4.23. The molecule has 194 valence electrons. The van der Waals surface area contributed by atoms with Crippen LogP contribution in [0.15, 0.2) is 90.0 Å². The van der Waals surface area contributed by atoms with E-state index in [-0.39, 0.29) is 23.8 Å². The van der Waals surface area contributed by atoms with Crippen molar-refractivity contribution >= 4 is 23.3 Å². The number of esters is 1. The zero-order valence-electron chi connectivity index (χ0n) is 21.7. The van der Waals surface area contributed by atoms with Gasteiger partial charge in [0, 0.05) is 18.7 Å². The van der Waals surface area contributed by atoms with Gasteiger partial charge in [0.25, 0.3) is 5.91 Å². The van der Waals surface area contributed by atoms with E-state index in [1.54, 1.807) is 0 Å². The molecule has 4 atom stereocenters. The van der Waals surface area contributed by atoms with Crippen LogP contribution in [-0.4, -0.2) is 31.8 Å². The van der Waals surface area contributed by atoms with Crippen LogP contribution < -0.4 is 10.7 Å². The van der Waals surface area contributed by atoms with Gasteiger partial charge in [0.1, 0.15) is 0 Å². The first-order chi connectivity index (χ1) is 18.5. The van der Waals surface area contributed by atoms with Crippen LogP contribution in [0.4, 0.5) is 5.69 Å². The summed E-state index contributed by atoms with van der Waals surface area (Å²) in [5.41, 5.74) is 9.05. The number of amides is 1. The summed E-state index contributed by atoms with van der Waals surface area (Å²) < 4.78 is 10.2. The SMILES string of the molecule is COC(=O)c1ccc([C@@H]2Nc3ccc(/C(C)=N\NC(=O)[C@@H](OC)c4ccccc4)cc3[C@@H]3C=CC[C@@H]32)cc1. The number of hydrogen-bond donors (Lipinski definition) is 2. The number of methoxy groups -OCH3 is 2. The van der Waals surface area contributed by atoms with Crippen molar-refractivity contribution in [2.24, 2.45) is 11.0 Å². The summed E-state index contributed by atoms with van der Waals surface area (Å²) in [4.78, 5) is 24.6. The lowest BCUT2D eigenvalue weighted by molar-refractivity contribution is -0.131. The standard InChI is InChI=1S/C31H31N3O4/c1-19(33-34-30(35)29(37-2)21-8-5-4-6-9-21)23-16-17-27-26(18-23)24-10-7-11-25(24)28(32-27)20-12-14-22(15-13-20)31(36)38-3/h4-10,12-18,24-25,28-29,32H,11H2,1-3H3,(H,34,35)/b33-19-/t24-,25+,28+,29+/m1/s1. The number of nitrogens with zero attached hydrogens (tertiary/aromatic N) is 1. The fourth-order valence-corrected chi connectivity index (χ4v) is 5.38. The largest absolute Gasteiger partial charge is 0.465 e. The van der Waals surface area contributed by atoms with E-state index < -0.39 is 6.10 Å². The van der Waals surface area contributed by atoms with Crippen molar-refractivity contribution in [3.63, 3.8) is 0 Å². The number of anilines is 1. The Kier molecular flexibility index (Phi) is 7.38. The van der Waals surface area contributed by atoms with Crippen LogP contribution in [0.3, 0.4) is 0 Å². The molecule has 3 aromatic carbocycles. The minimum Gasteiger partial charge on any atom is -0.465 e. The van der Waals surface area contributed by atoms with Crippen molar-refractivity contribution in [1.82, 2.24) is 5.43 Å². The van der Waals surface area contributed by atoms with Gasteiger partial charge in [-0.25, -0.2) is 10.2 Å². The molecule has 0 saturated carbocycles. The van der Waals surface area contributed by atoms with Crippen molar-refractivity contribution in [2.75, 3.05) is 19.5 Å².